The minimum atomic E-state index is -0.361. The van der Waals surface area contributed by atoms with E-state index in [9.17, 15) is 9.59 Å². The second-order valence-corrected chi connectivity index (χ2v) is 3.15. The second kappa shape index (κ2) is 6.13. The lowest BCUT2D eigenvalue weighted by Crippen LogP contribution is -2.21. The molecule has 1 N–H and O–H groups in total. The number of hydrogen-bond acceptors (Lipinski definition) is 3. The average Bonchev–Trinajstić information content (AvgIpc) is 1.79. The molecule has 10 heavy (non-hydrogen) atoms. The quantitative estimate of drug-likeness (QED) is 0.357. The van der Waals surface area contributed by atoms with Crippen molar-refractivity contribution in [2.24, 2.45) is 0 Å². The Bertz CT molecular complexity index is 122. The monoisotopic (exact) mass is 369 g/mol. The van der Waals surface area contributed by atoms with Gasteiger partial charge in [0.25, 0.3) is 3.91 Å². The molecule has 6 heteroatoms. The van der Waals surface area contributed by atoms with Crippen LogP contribution in [0.2, 0.25) is 0 Å². The van der Waals surface area contributed by atoms with Crippen LogP contribution in [-0.2, 0) is 4.74 Å². The van der Waals surface area contributed by atoms with E-state index in [2.05, 4.69) is 10.1 Å². The SMILES string of the molecule is O=C(I)NCCOC(=O)I. The van der Waals surface area contributed by atoms with E-state index in [0.29, 0.717) is 6.54 Å². The topological polar surface area (TPSA) is 55.4 Å². The molecule has 0 unspecified atom stereocenters. The summed E-state index contributed by atoms with van der Waals surface area (Å²) in [7, 11) is 0. The van der Waals surface area contributed by atoms with Gasteiger partial charge in [-0.15, -0.1) is 0 Å². The van der Waals surface area contributed by atoms with Gasteiger partial charge in [0.2, 0.25) is 0 Å². The van der Waals surface area contributed by atoms with Crippen LogP contribution in [0, 0.1) is 0 Å². The summed E-state index contributed by atoms with van der Waals surface area (Å²) < 4.78 is 4.01. The molecule has 0 aromatic carbocycles. The van der Waals surface area contributed by atoms with Crippen LogP contribution in [0.3, 0.4) is 0 Å². The number of hydrogen-bond donors (Lipinski definition) is 1. The van der Waals surface area contributed by atoms with Crippen molar-refractivity contribution in [3.63, 3.8) is 0 Å². The Kier molecular flexibility index (Phi) is 6.38. The standard InChI is InChI=1S/C4H5I2NO3/c5-3(8)7-1-2-10-4(6)9/h1-2H2,(H,7,8). The van der Waals surface area contributed by atoms with Crippen LogP contribution in [0.4, 0.5) is 9.59 Å². The normalized spacial score (nSPS) is 8.60. The van der Waals surface area contributed by atoms with E-state index in [0.717, 1.165) is 0 Å². The van der Waals surface area contributed by atoms with Crippen molar-refractivity contribution in [2.45, 2.75) is 0 Å². The van der Waals surface area contributed by atoms with E-state index in [-0.39, 0.29) is 14.5 Å². The van der Waals surface area contributed by atoms with Gasteiger partial charge in [-0.1, -0.05) is 0 Å². The molecule has 0 aliphatic rings. The molecule has 0 saturated heterocycles. The summed E-state index contributed by atoms with van der Waals surface area (Å²) in [5.41, 5.74) is 0. The molecule has 0 aromatic heterocycles. The molecular weight excluding hydrogens is 364 g/mol. The molecule has 0 rings (SSSR count). The fraction of sp³-hybridized carbons (Fsp3) is 0.500. The Labute approximate surface area is 85.3 Å². The van der Waals surface area contributed by atoms with Gasteiger partial charge >= 0.3 is 3.98 Å². The van der Waals surface area contributed by atoms with Crippen molar-refractivity contribution in [3.05, 3.63) is 0 Å². The van der Waals surface area contributed by atoms with Crippen molar-refractivity contribution in [3.8, 4) is 0 Å². The first-order valence-electron chi connectivity index (χ1n) is 2.38. The highest BCUT2D eigenvalue weighted by molar-refractivity contribution is 14.1. The molecule has 4 nitrogen and oxygen atoms in total. The molecular formula is C4H5I2NO3. The summed E-state index contributed by atoms with van der Waals surface area (Å²) in [6.45, 7) is 0.604. The summed E-state index contributed by atoms with van der Waals surface area (Å²) in [4.78, 5) is 20.4. The van der Waals surface area contributed by atoms with Crippen molar-refractivity contribution in [1.29, 1.82) is 0 Å². The Morgan fingerprint density at radius 1 is 1.40 bits per heavy atom. The molecule has 0 fully saturated rings. The van der Waals surface area contributed by atoms with Gasteiger partial charge in [-0.3, -0.25) is 4.79 Å². The summed E-state index contributed by atoms with van der Waals surface area (Å²) in [5.74, 6) is 0. The molecule has 0 bridgehead atoms. The van der Waals surface area contributed by atoms with Gasteiger partial charge in [-0.05, 0) is 0 Å². The van der Waals surface area contributed by atoms with Crippen LogP contribution >= 0.6 is 45.2 Å². The molecule has 1 amide bonds. The van der Waals surface area contributed by atoms with E-state index in [4.69, 9.17) is 0 Å². The smallest absolute Gasteiger partial charge is 0.367 e. The van der Waals surface area contributed by atoms with Gasteiger partial charge in [0.15, 0.2) is 0 Å². The zero-order valence-corrected chi connectivity index (χ0v) is 9.21. The number of rotatable bonds is 3. The molecule has 0 aromatic rings. The highest BCUT2D eigenvalue weighted by Crippen LogP contribution is 1.90. The largest absolute Gasteiger partial charge is 0.456 e. The number of carbonyl (C=O) groups is 2. The van der Waals surface area contributed by atoms with Gasteiger partial charge in [-0.2, -0.15) is 0 Å². The highest BCUT2D eigenvalue weighted by Gasteiger charge is 1.94. The summed E-state index contributed by atoms with van der Waals surface area (Å²) >= 11 is 3.13. The van der Waals surface area contributed by atoms with Crippen molar-refractivity contribution in [1.82, 2.24) is 5.32 Å². The zero-order chi connectivity index (χ0) is 7.98. The summed E-state index contributed by atoms with van der Waals surface area (Å²) in [5, 5.41) is 2.47. The number of carbonyl (C=O) groups excluding carboxylic acids is 2. The van der Waals surface area contributed by atoms with Crippen LogP contribution in [0.15, 0.2) is 0 Å². The Morgan fingerprint density at radius 3 is 2.40 bits per heavy atom. The molecule has 0 aliphatic carbocycles. The van der Waals surface area contributed by atoms with Crippen LogP contribution < -0.4 is 5.32 Å². The maximum absolute atomic E-state index is 10.2. The summed E-state index contributed by atoms with van der Waals surface area (Å²) in [6.07, 6.45) is 0. The maximum atomic E-state index is 10.2. The first kappa shape index (κ1) is 10.4. The Balaban J connectivity index is 3.06. The number of nitrogens with one attached hydrogen (secondary N) is 1. The Hall–Kier alpha value is 0.400. The van der Waals surface area contributed by atoms with Crippen molar-refractivity contribution >= 4 is 53.1 Å². The molecule has 0 atom stereocenters. The molecule has 0 spiro atoms. The molecule has 0 radical (unpaired) electrons. The van der Waals surface area contributed by atoms with Crippen LogP contribution in [0.5, 0.6) is 0 Å². The van der Waals surface area contributed by atoms with Crippen LogP contribution in [0.25, 0.3) is 0 Å². The first-order valence-corrected chi connectivity index (χ1v) is 4.54. The predicted molar refractivity (Wildman–Crippen MR) is 52.8 cm³/mol. The van der Waals surface area contributed by atoms with Crippen LogP contribution in [-0.4, -0.2) is 21.0 Å². The fourth-order valence-corrected chi connectivity index (χ4v) is 0.770. The second-order valence-electron chi connectivity index (χ2n) is 1.29. The molecule has 0 saturated carbocycles. The third-order valence-corrected chi connectivity index (χ3v) is 1.27. The zero-order valence-electron chi connectivity index (χ0n) is 4.89. The van der Waals surface area contributed by atoms with Gasteiger partial charge in [0.05, 0.1) is 29.1 Å². The third kappa shape index (κ3) is 8.40. The number of halogens is 2. The van der Waals surface area contributed by atoms with E-state index >= 15 is 0 Å². The molecule has 0 aliphatic heterocycles. The lowest BCUT2D eigenvalue weighted by molar-refractivity contribution is 0.179. The van der Waals surface area contributed by atoms with Crippen molar-refractivity contribution < 1.29 is 14.3 Å². The van der Waals surface area contributed by atoms with E-state index in [1.165, 1.54) is 22.6 Å². The van der Waals surface area contributed by atoms with Gasteiger partial charge < -0.3 is 10.1 Å². The van der Waals surface area contributed by atoms with E-state index < -0.39 is 0 Å². The number of amides is 1. The lowest BCUT2D eigenvalue weighted by Gasteiger charge is -1.99. The van der Waals surface area contributed by atoms with Crippen molar-refractivity contribution in [2.75, 3.05) is 13.2 Å². The van der Waals surface area contributed by atoms with E-state index in [1.807, 2.05) is 0 Å². The first-order chi connectivity index (χ1) is 4.63. The van der Waals surface area contributed by atoms with Gasteiger partial charge in [0.1, 0.15) is 6.61 Å². The lowest BCUT2D eigenvalue weighted by atomic mass is 10.7. The third-order valence-electron chi connectivity index (χ3n) is 0.582. The van der Waals surface area contributed by atoms with Gasteiger partial charge in [-0.25, -0.2) is 4.79 Å². The Morgan fingerprint density at radius 2 is 2.00 bits per heavy atom. The summed E-state index contributed by atoms with van der Waals surface area (Å²) in [6, 6.07) is 0. The minimum Gasteiger partial charge on any atom is -0.456 e. The highest BCUT2D eigenvalue weighted by atomic mass is 127. The molecule has 0 heterocycles. The number of ether oxygens (including phenoxy) is 1. The predicted octanol–water partition coefficient (Wildman–Crippen LogP) is 1.70. The minimum absolute atomic E-state index is 0.151. The average molecular weight is 369 g/mol. The fourth-order valence-electron chi connectivity index (χ4n) is 0.281. The van der Waals surface area contributed by atoms with E-state index in [1.54, 1.807) is 22.6 Å². The van der Waals surface area contributed by atoms with Gasteiger partial charge in [0, 0.05) is 22.6 Å². The van der Waals surface area contributed by atoms with Crippen LogP contribution in [0.1, 0.15) is 0 Å². The maximum Gasteiger partial charge on any atom is 0.367 e. The molecule has 58 valence electrons.